The molecule has 0 N–H and O–H groups in total. The van der Waals surface area contributed by atoms with Crippen LogP contribution in [0.25, 0.3) is 0 Å². The zero-order valence-corrected chi connectivity index (χ0v) is 14.8. The Kier molecular flexibility index (Phi) is 3.21. The van der Waals surface area contributed by atoms with Gasteiger partial charge in [-0.1, -0.05) is 18.2 Å². The quantitative estimate of drug-likeness (QED) is 0.363. The first-order valence-electron chi connectivity index (χ1n) is 9.26. The number of imide groups is 1. The minimum absolute atomic E-state index is 0.173. The highest BCUT2D eigenvalue weighted by atomic mass is 16.5. The van der Waals surface area contributed by atoms with Crippen molar-refractivity contribution in [2.45, 2.75) is 20.3 Å². The van der Waals surface area contributed by atoms with E-state index in [1.807, 2.05) is 19.9 Å². The van der Waals surface area contributed by atoms with Gasteiger partial charge in [-0.25, -0.2) is 4.79 Å². The standard InChI is InChI=1S/C21H21NO4/c1-10-5-11(2)7-12(6-10)26-17(23)9-22-20(24)18-13-3-4-14(16-8-15(13)16)19(18)21(22)25/h3-7,13-16,18-19H,8-9H2,1-2H3/t13-,14-,15-,16-,18+,19+/m0/s1. The normalized spacial score (nSPS) is 36.2. The van der Waals surface area contributed by atoms with Gasteiger partial charge in [-0.15, -0.1) is 0 Å². The number of likely N-dealkylation sites (tertiary alicyclic amines) is 1. The van der Waals surface area contributed by atoms with Gasteiger partial charge in [0.15, 0.2) is 0 Å². The highest BCUT2D eigenvalue weighted by Gasteiger charge is 2.67. The Morgan fingerprint density at radius 1 is 1.00 bits per heavy atom. The molecule has 2 bridgehead atoms. The molecule has 0 radical (unpaired) electrons. The second-order valence-electron chi connectivity index (χ2n) is 8.21. The summed E-state index contributed by atoms with van der Waals surface area (Å²) in [6, 6.07) is 5.54. The third-order valence-corrected chi connectivity index (χ3v) is 6.47. The summed E-state index contributed by atoms with van der Waals surface area (Å²) in [4.78, 5) is 39.2. The predicted molar refractivity (Wildman–Crippen MR) is 93.0 cm³/mol. The topological polar surface area (TPSA) is 63.7 Å². The van der Waals surface area contributed by atoms with Crippen molar-refractivity contribution in [3.63, 3.8) is 0 Å². The third-order valence-electron chi connectivity index (χ3n) is 6.47. The Morgan fingerprint density at radius 3 is 2.08 bits per heavy atom. The van der Waals surface area contributed by atoms with E-state index < -0.39 is 5.97 Å². The van der Waals surface area contributed by atoms with Gasteiger partial charge in [0.25, 0.3) is 0 Å². The van der Waals surface area contributed by atoms with Gasteiger partial charge in [-0.3, -0.25) is 14.5 Å². The lowest BCUT2D eigenvalue weighted by Gasteiger charge is -2.37. The fourth-order valence-electron chi connectivity index (χ4n) is 5.46. The first kappa shape index (κ1) is 15.8. The number of carbonyl (C=O) groups excluding carboxylic acids is 3. The number of rotatable bonds is 3. The molecule has 4 aliphatic carbocycles. The Balaban J connectivity index is 1.33. The van der Waals surface area contributed by atoms with Crippen LogP contribution >= 0.6 is 0 Å². The molecule has 26 heavy (non-hydrogen) atoms. The van der Waals surface area contributed by atoms with Crippen LogP contribution in [0.5, 0.6) is 5.75 Å². The van der Waals surface area contributed by atoms with Crippen molar-refractivity contribution in [2.24, 2.45) is 35.5 Å². The Morgan fingerprint density at radius 2 is 1.54 bits per heavy atom. The number of carbonyl (C=O) groups is 3. The van der Waals surface area contributed by atoms with E-state index in [4.69, 9.17) is 4.74 Å². The van der Waals surface area contributed by atoms with Crippen molar-refractivity contribution < 1.29 is 19.1 Å². The van der Waals surface area contributed by atoms with Crippen molar-refractivity contribution in [3.8, 4) is 5.75 Å². The van der Waals surface area contributed by atoms with Crippen LogP contribution in [0, 0.1) is 49.4 Å². The molecule has 0 unspecified atom stereocenters. The van der Waals surface area contributed by atoms with Gasteiger partial charge in [0, 0.05) is 0 Å². The van der Waals surface area contributed by atoms with Gasteiger partial charge < -0.3 is 4.74 Å². The number of hydrogen-bond donors (Lipinski definition) is 0. The average molecular weight is 351 g/mol. The number of hydrogen-bond acceptors (Lipinski definition) is 4. The van der Waals surface area contributed by atoms with Crippen molar-refractivity contribution in [1.29, 1.82) is 0 Å². The lowest BCUT2D eigenvalue weighted by atomic mass is 9.63. The van der Waals surface area contributed by atoms with Crippen LogP contribution in [0.2, 0.25) is 0 Å². The summed E-state index contributed by atoms with van der Waals surface area (Å²) in [6.45, 7) is 3.56. The maximum Gasteiger partial charge on any atom is 0.331 e. The molecule has 6 atom stereocenters. The molecule has 0 spiro atoms. The van der Waals surface area contributed by atoms with E-state index in [-0.39, 0.29) is 42.0 Å². The summed E-state index contributed by atoms with van der Waals surface area (Å²) in [5.74, 6) is 0.427. The van der Waals surface area contributed by atoms with Crippen LogP contribution in [0.3, 0.4) is 0 Å². The molecule has 2 amide bonds. The van der Waals surface area contributed by atoms with Crippen LogP contribution in [-0.4, -0.2) is 29.2 Å². The molecule has 1 aliphatic heterocycles. The van der Waals surface area contributed by atoms with Crippen LogP contribution < -0.4 is 4.74 Å². The molecule has 1 aromatic carbocycles. The average Bonchev–Trinajstić information content (AvgIpc) is 3.35. The molecule has 1 aromatic rings. The van der Waals surface area contributed by atoms with Gasteiger partial charge >= 0.3 is 5.97 Å². The largest absolute Gasteiger partial charge is 0.425 e. The van der Waals surface area contributed by atoms with Crippen molar-refractivity contribution >= 4 is 17.8 Å². The monoisotopic (exact) mass is 351 g/mol. The Hall–Kier alpha value is -2.43. The third kappa shape index (κ3) is 2.19. The first-order valence-corrected chi connectivity index (χ1v) is 9.26. The first-order chi connectivity index (χ1) is 12.4. The van der Waals surface area contributed by atoms with Crippen molar-refractivity contribution in [2.75, 3.05) is 6.54 Å². The summed E-state index contributed by atoms with van der Waals surface area (Å²) in [6.07, 6.45) is 5.38. The molecule has 2 saturated carbocycles. The van der Waals surface area contributed by atoms with Crippen LogP contribution in [-0.2, 0) is 14.4 Å². The van der Waals surface area contributed by atoms with E-state index in [2.05, 4.69) is 12.2 Å². The fourth-order valence-corrected chi connectivity index (χ4v) is 5.46. The van der Waals surface area contributed by atoms with Gasteiger partial charge in [-0.2, -0.15) is 0 Å². The zero-order valence-electron chi connectivity index (χ0n) is 14.8. The lowest BCUT2D eigenvalue weighted by molar-refractivity contribution is -0.148. The molecular formula is C21H21NO4. The van der Waals surface area contributed by atoms with E-state index in [0.717, 1.165) is 22.4 Å². The van der Waals surface area contributed by atoms with Crippen LogP contribution in [0.15, 0.2) is 30.4 Å². The Bertz CT molecular complexity index is 817. The Labute approximate surface area is 152 Å². The minimum Gasteiger partial charge on any atom is -0.425 e. The maximum absolute atomic E-state index is 12.9. The van der Waals surface area contributed by atoms with E-state index in [1.54, 1.807) is 12.1 Å². The molecule has 3 fully saturated rings. The van der Waals surface area contributed by atoms with E-state index >= 15 is 0 Å². The van der Waals surface area contributed by atoms with Gasteiger partial charge in [0.05, 0.1) is 11.8 Å². The number of aryl methyl sites for hydroxylation is 2. The zero-order chi connectivity index (χ0) is 18.2. The van der Waals surface area contributed by atoms with Gasteiger partial charge in [0.2, 0.25) is 11.8 Å². The van der Waals surface area contributed by atoms with E-state index in [9.17, 15) is 14.4 Å². The second-order valence-corrected chi connectivity index (χ2v) is 8.21. The molecule has 1 saturated heterocycles. The second kappa shape index (κ2) is 5.29. The van der Waals surface area contributed by atoms with E-state index in [0.29, 0.717) is 17.6 Å². The number of esters is 1. The number of nitrogens with zero attached hydrogens (tertiary/aromatic N) is 1. The minimum atomic E-state index is -0.569. The lowest BCUT2D eigenvalue weighted by Crippen LogP contribution is -2.40. The SMILES string of the molecule is Cc1cc(C)cc(OC(=O)CN2C(=O)[C@@H]3[C@H]4C=C[C@@H]([C@@H]5C[C@@H]45)[C@H]3C2=O)c1. The van der Waals surface area contributed by atoms with Gasteiger partial charge in [-0.05, 0) is 67.2 Å². The van der Waals surface area contributed by atoms with Crippen molar-refractivity contribution in [1.82, 2.24) is 4.90 Å². The molecule has 5 nitrogen and oxygen atoms in total. The molecule has 5 aliphatic rings. The summed E-state index contributed by atoms with van der Waals surface area (Å²) in [5.41, 5.74) is 1.99. The van der Waals surface area contributed by atoms with Crippen molar-refractivity contribution in [3.05, 3.63) is 41.5 Å². The van der Waals surface area contributed by atoms with Crippen LogP contribution in [0.1, 0.15) is 17.5 Å². The smallest absolute Gasteiger partial charge is 0.331 e. The maximum atomic E-state index is 12.9. The molecule has 6 rings (SSSR count). The molecule has 134 valence electrons. The number of ether oxygens (including phenoxy) is 1. The summed E-state index contributed by atoms with van der Waals surface area (Å²) < 4.78 is 5.39. The summed E-state index contributed by atoms with van der Waals surface area (Å²) in [7, 11) is 0. The highest BCUT2D eigenvalue weighted by molar-refractivity contribution is 6.08. The summed E-state index contributed by atoms with van der Waals surface area (Å²) >= 11 is 0. The number of benzene rings is 1. The number of allylic oxidation sites excluding steroid dienone is 2. The summed E-state index contributed by atoms with van der Waals surface area (Å²) in [5, 5.41) is 0. The fraction of sp³-hybridized carbons (Fsp3) is 0.476. The highest BCUT2D eigenvalue weighted by Crippen LogP contribution is 2.65. The molecule has 5 heteroatoms. The molecule has 0 aromatic heterocycles. The van der Waals surface area contributed by atoms with Crippen LogP contribution in [0.4, 0.5) is 0 Å². The molecular weight excluding hydrogens is 330 g/mol. The number of amides is 2. The van der Waals surface area contributed by atoms with Gasteiger partial charge in [0.1, 0.15) is 12.3 Å². The molecule has 1 heterocycles. The van der Waals surface area contributed by atoms with E-state index in [1.165, 1.54) is 0 Å². The predicted octanol–water partition coefficient (Wildman–Crippen LogP) is 2.26.